The average Bonchev–Trinajstić information content (AvgIpc) is 2.78. The minimum Gasteiger partial charge on any atom is -0.507 e. The minimum absolute atomic E-state index is 0.0685. The second-order valence-electron chi connectivity index (χ2n) is 6.40. The number of ether oxygens (including phenoxy) is 2. The van der Waals surface area contributed by atoms with Crippen molar-refractivity contribution in [3.8, 4) is 23.3 Å². The van der Waals surface area contributed by atoms with Gasteiger partial charge in [0.2, 0.25) is 0 Å². The molecule has 0 unspecified atom stereocenters. The number of carbonyl (C=O) groups is 1. The Hall–Kier alpha value is -4.11. The van der Waals surface area contributed by atoms with Crippen LogP contribution in [0.3, 0.4) is 0 Å². The van der Waals surface area contributed by atoms with Crippen LogP contribution in [0.25, 0.3) is 0 Å². The molecule has 3 aromatic carbocycles. The number of benzene rings is 3. The second kappa shape index (κ2) is 9.89. The molecule has 0 amide bonds. The van der Waals surface area contributed by atoms with E-state index in [1.165, 1.54) is 12.3 Å². The van der Waals surface area contributed by atoms with Crippen LogP contribution in [0.4, 0.5) is 5.69 Å². The quantitative estimate of drug-likeness (QED) is 0.341. The Morgan fingerprint density at radius 3 is 2.40 bits per heavy atom. The zero-order valence-electron chi connectivity index (χ0n) is 16.4. The molecule has 0 bridgehead atoms. The van der Waals surface area contributed by atoms with Crippen LogP contribution >= 0.6 is 0 Å². The molecule has 0 aliphatic heterocycles. The number of hydrogen-bond donors (Lipinski definition) is 1. The summed E-state index contributed by atoms with van der Waals surface area (Å²) < 4.78 is 10.8. The van der Waals surface area contributed by atoms with E-state index in [2.05, 4.69) is 4.99 Å². The third-order valence-corrected chi connectivity index (χ3v) is 4.12. The van der Waals surface area contributed by atoms with Crippen molar-refractivity contribution in [2.45, 2.75) is 13.3 Å². The van der Waals surface area contributed by atoms with E-state index in [1.807, 2.05) is 13.0 Å². The Labute approximate surface area is 174 Å². The van der Waals surface area contributed by atoms with Gasteiger partial charge in [0.15, 0.2) is 0 Å². The van der Waals surface area contributed by atoms with Gasteiger partial charge in [-0.05, 0) is 67.1 Å². The number of nitriles is 1. The van der Waals surface area contributed by atoms with Gasteiger partial charge in [0.05, 0.1) is 29.5 Å². The Balaban J connectivity index is 1.65. The van der Waals surface area contributed by atoms with Crippen LogP contribution in [0, 0.1) is 11.3 Å². The number of nitrogens with zero attached hydrogens (tertiary/aromatic N) is 2. The lowest BCUT2D eigenvalue weighted by atomic mass is 10.2. The monoisotopic (exact) mass is 400 g/mol. The van der Waals surface area contributed by atoms with Gasteiger partial charge in [0, 0.05) is 17.8 Å². The molecule has 0 atom stereocenters. The van der Waals surface area contributed by atoms with Crippen molar-refractivity contribution in [3.63, 3.8) is 0 Å². The third kappa shape index (κ3) is 5.46. The Morgan fingerprint density at radius 1 is 1.07 bits per heavy atom. The van der Waals surface area contributed by atoms with Crippen molar-refractivity contribution in [2.75, 3.05) is 6.61 Å². The number of esters is 1. The number of phenols is 1. The normalized spacial score (nSPS) is 10.5. The number of aromatic hydroxyl groups is 1. The number of aliphatic imine (C=N–C) groups is 1. The second-order valence-corrected chi connectivity index (χ2v) is 6.40. The lowest BCUT2D eigenvalue weighted by molar-refractivity contribution is 0.0734. The van der Waals surface area contributed by atoms with Crippen LogP contribution in [0.15, 0.2) is 71.7 Å². The molecule has 0 saturated heterocycles. The zero-order chi connectivity index (χ0) is 21.3. The maximum Gasteiger partial charge on any atom is 0.343 e. The number of carbonyl (C=O) groups excluding carboxylic acids is 1. The highest BCUT2D eigenvalue weighted by Crippen LogP contribution is 2.24. The van der Waals surface area contributed by atoms with Gasteiger partial charge in [-0.3, -0.25) is 4.99 Å². The first kappa shape index (κ1) is 20.6. The predicted octanol–water partition coefficient (Wildman–Crippen LogP) is 5.02. The van der Waals surface area contributed by atoms with Gasteiger partial charge in [0.1, 0.15) is 17.2 Å². The molecule has 6 nitrogen and oxygen atoms in total. The Morgan fingerprint density at radius 2 is 1.77 bits per heavy atom. The summed E-state index contributed by atoms with van der Waals surface area (Å²) >= 11 is 0. The topological polar surface area (TPSA) is 91.9 Å². The van der Waals surface area contributed by atoms with Gasteiger partial charge in [-0.2, -0.15) is 5.26 Å². The molecule has 0 heterocycles. The predicted molar refractivity (Wildman–Crippen MR) is 114 cm³/mol. The Bertz CT molecular complexity index is 1080. The molecule has 1 N–H and O–H groups in total. The van der Waals surface area contributed by atoms with E-state index in [9.17, 15) is 9.90 Å². The summed E-state index contributed by atoms with van der Waals surface area (Å²) in [5.74, 6) is 0.313. The van der Waals surface area contributed by atoms with E-state index in [-0.39, 0.29) is 11.5 Å². The van der Waals surface area contributed by atoms with E-state index in [1.54, 1.807) is 60.7 Å². The minimum atomic E-state index is -0.532. The molecule has 0 aromatic heterocycles. The van der Waals surface area contributed by atoms with Gasteiger partial charge >= 0.3 is 5.97 Å². The summed E-state index contributed by atoms with van der Waals surface area (Å²) in [4.78, 5) is 16.6. The first-order valence-electron chi connectivity index (χ1n) is 9.41. The van der Waals surface area contributed by atoms with Crippen molar-refractivity contribution >= 4 is 17.9 Å². The van der Waals surface area contributed by atoms with Crippen LogP contribution < -0.4 is 9.47 Å². The highest BCUT2D eigenvalue weighted by atomic mass is 16.5. The van der Waals surface area contributed by atoms with Crippen LogP contribution in [0.1, 0.15) is 34.8 Å². The number of phenolic OH excluding ortho intramolecular Hbond substituents is 1. The van der Waals surface area contributed by atoms with Gasteiger partial charge < -0.3 is 14.6 Å². The van der Waals surface area contributed by atoms with E-state index < -0.39 is 5.97 Å². The summed E-state index contributed by atoms with van der Waals surface area (Å²) in [6, 6.07) is 20.0. The summed E-state index contributed by atoms with van der Waals surface area (Å²) in [6.07, 6.45) is 2.40. The highest BCUT2D eigenvalue weighted by Gasteiger charge is 2.10. The molecule has 30 heavy (non-hydrogen) atoms. The van der Waals surface area contributed by atoms with Crippen molar-refractivity contribution in [2.24, 2.45) is 4.99 Å². The molecule has 3 aromatic rings. The SMILES string of the molecule is CCCOc1ccc(C(=O)Oc2ccc(C=Nc3ccc(C#N)cc3)c(O)c2)cc1. The van der Waals surface area contributed by atoms with E-state index in [4.69, 9.17) is 14.7 Å². The summed E-state index contributed by atoms with van der Waals surface area (Å²) in [7, 11) is 0. The molecular formula is C24H20N2O4. The summed E-state index contributed by atoms with van der Waals surface area (Å²) in [5.41, 5.74) is 2.04. The lowest BCUT2D eigenvalue weighted by Crippen LogP contribution is -2.08. The lowest BCUT2D eigenvalue weighted by Gasteiger charge is -2.08. The van der Waals surface area contributed by atoms with Gasteiger partial charge in [0.25, 0.3) is 0 Å². The van der Waals surface area contributed by atoms with Crippen LogP contribution in [0.5, 0.6) is 17.2 Å². The fourth-order valence-electron chi connectivity index (χ4n) is 2.54. The molecule has 6 heteroatoms. The number of hydrogen-bond acceptors (Lipinski definition) is 6. The van der Waals surface area contributed by atoms with Gasteiger partial charge in [-0.15, -0.1) is 0 Å². The van der Waals surface area contributed by atoms with Crippen LogP contribution in [-0.2, 0) is 0 Å². The van der Waals surface area contributed by atoms with Crippen LogP contribution in [-0.4, -0.2) is 23.9 Å². The summed E-state index contributed by atoms with van der Waals surface area (Å²) in [5, 5.41) is 19.0. The molecule has 150 valence electrons. The van der Waals surface area contributed by atoms with Crippen molar-refractivity contribution in [1.82, 2.24) is 0 Å². The summed E-state index contributed by atoms with van der Waals surface area (Å²) in [6.45, 7) is 2.63. The molecule has 0 saturated carbocycles. The molecular weight excluding hydrogens is 380 g/mol. The van der Waals surface area contributed by atoms with E-state index >= 15 is 0 Å². The molecule has 0 aliphatic carbocycles. The third-order valence-electron chi connectivity index (χ3n) is 4.12. The molecule has 0 spiro atoms. The first-order chi connectivity index (χ1) is 14.6. The van der Waals surface area contributed by atoms with Crippen molar-refractivity contribution in [1.29, 1.82) is 5.26 Å². The first-order valence-corrected chi connectivity index (χ1v) is 9.41. The fourth-order valence-corrected chi connectivity index (χ4v) is 2.54. The van der Waals surface area contributed by atoms with Crippen molar-refractivity contribution in [3.05, 3.63) is 83.4 Å². The maximum atomic E-state index is 12.3. The zero-order valence-corrected chi connectivity index (χ0v) is 16.4. The van der Waals surface area contributed by atoms with E-state index in [0.717, 1.165) is 6.42 Å². The molecule has 0 fully saturated rings. The average molecular weight is 400 g/mol. The maximum absolute atomic E-state index is 12.3. The molecule has 3 rings (SSSR count). The largest absolute Gasteiger partial charge is 0.507 e. The van der Waals surface area contributed by atoms with Gasteiger partial charge in [-0.1, -0.05) is 6.92 Å². The molecule has 0 radical (unpaired) electrons. The fraction of sp³-hybridized carbons (Fsp3) is 0.125. The standard InChI is InChI=1S/C24H20N2O4/c1-2-13-29-21-10-5-18(6-11-21)24(28)30-22-12-7-19(23(27)14-22)16-26-20-8-3-17(15-25)4-9-20/h3-12,14,16,27H,2,13H2,1H3. The Kier molecular flexibility index (Phi) is 6.80. The van der Waals surface area contributed by atoms with Crippen molar-refractivity contribution < 1.29 is 19.4 Å². The van der Waals surface area contributed by atoms with E-state index in [0.29, 0.717) is 34.7 Å². The number of rotatable bonds is 7. The smallest absolute Gasteiger partial charge is 0.343 e. The van der Waals surface area contributed by atoms with Crippen LogP contribution in [0.2, 0.25) is 0 Å². The highest BCUT2D eigenvalue weighted by molar-refractivity contribution is 5.91. The molecule has 0 aliphatic rings. The van der Waals surface area contributed by atoms with Gasteiger partial charge in [-0.25, -0.2) is 4.79 Å².